The van der Waals surface area contributed by atoms with Crippen LogP contribution in [0.3, 0.4) is 0 Å². The standard InChI is InChI=1S/C19H20FNO4/c1-12-5-3-4-6-15(12)18(23)21-11-14(19(24)25-2)9-13-7-8-17(22)16(20)10-13/h3-8,10,14,22H,9,11H2,1-2H3,(H,21,23). The van der Waals surface area contributed by atoms with E-state index in [0.717, 1.165) is 11.6 Å². The second-order valence-electron chi connectivity index (χ2n) is 5.73. The maximum absolute atomic E-state index is 13.5. The molecule has 0 saturated heterocycles. The number of phenols is 1. The van der Waals surface area contributed by atoms with Gasteiger partial charge in [0.15, 0.2) is 11.6 Å². The summed E-state index contributed by atoms with van der Waals surface area (Å²) in [7, 11) is 1.26. The average molecular weight is 345 g/mol. The summed E-state index contributed by atoms with van der Waals surface area (Å²) in [5.74, 6) is -2.67. The molecule has 2 aromatic carbocycles. The lowest BCUT2D eigenvalue weighted by Gasteiger charge is -2.16. The molecule has 2 N–H and O–H groups in total. The topological polar surface area (TPSA) is 75.6 Å². The number of hydrogen-bond acceptors (Lipinski definition) is 4. The highest BCUT2D eigenvalue weighted by Gasteiger charge is 2.22. The van der Waals surface area contributed by atoms with Crippen molar-refractivity contribution in [2.45, 2.75) is 13.3 Å². The highest BCUT2D eigenvalue weighted by atomic mass is 19.1. The van der Waals surface area contributed by atoms with Crippen molar-refractivity contribution in [1.82, 2.24) is 5.32 Å². The summed E-state index contributed by atoms with van der Waals surface area (Å²) < 4.78 is 18.2. The van der Waals surface area contributed by atoms with Gasteiger partial charge in [0.1, 0.15) is 0 Å². The molecule has 0 aliphatic carbocycles. The number of carbonyl (C=O) groups is 2. The Morgan fingerprint density at radius 1 is 1.24 bits per heavy atom. The van der Waals surface area contributed by atoms with E-state index in [1.807, 2.05) is 19.1 Å². The molecule has 25 heavy (non-hydrogen) atoms. The number of aromatic hydroxyl groups is 1. The van der Waals surface area contributed by atoms with Crippen molar-refractivity contribution in [3.63, 3.8) is 0 Å². The van der Waals surface area contributed by atoms with Gasteiger partial charge in [-0.25, -0.2) is 4.39 Å². The van der Waals surface area contributed by atoms with E-state index in [1.165, 1.54) is 19.2 Å². The number of aryl methyl sites for hydroxylation is 1. The van der Waals surface area contributed by atoms with Crippen molar-refractivity contribution >= 4 is 11.9 Å². The maximum Gasteiger partial charge on any atom is 0.310 e. The van der Waals surface area contributed by atoms with Crippen LogP contribution in [-0.4, -0.2) is 30.6 Å². The first-order chi connectivity index (χ1) is 11.9. The smallest absolute Gasteiger partial charge is 0.310 e. The number of benzene rings is 2. The van der Waals surface area contributed by atoms with Gasteiger partial charge in [-0.1, -0.05) is 24.3 Å². The lowest BCUT2D eigenvalue weighted by molar-refractivity contribution is -0.145. The largest absolute Gasteiger partial charge is 0.505 e. The molecule has 0 spiro atoms. The molecule has 2 rings (SSSR count). The first-order valence-electron chi connectivity index (χ1n) is 7.81. The Bertz CT molecular complexity index is 776. The Hall–Kier alpha value is -2.89. The zero-order chi connectivity index (χ0) is 18.4. The van der Waals surface area contributed by atoms with E-state index in [1.54, 1.807) is 12.1 Å². The fourth-order valence-corrected chi connectivity index (χ4v) is 2.51. The maximum atomic E-state index is 13.5. The van der Waals surface area contributed by atoms with Crippen LogP contribution in [0, 0.1) is 18.7 Å². The second kappa shape index (κ2) is 8.28. The van der Waals surface area contributed by atoms with Crippen molar-refractivity contribution in [2.75, 3.05) is 13.7 Å². The van der Waals surface area contributed by atoms with Crippen molar-refractivity contribution in [1.29, 1.82) is 0 Å². The van der Waals surface area contributed by atoms with Crippen molar-refractivity contribution in [2.24, 2.45) is 5.92 Å². The molecule has 2 aromatic rings. The third-order valence-electron chi connectivity index (χ3n) is 3.93. The molecule has 1 unspecified atom stereocenters. The van der Waals surface area contributed by atoms with Gasteiger partial charge in [0, 0.05) is 12.1 Å². The fourth-order valence-electron chi connectivity index (χ4n) is 2.51. The SMILES string of the molecule is COC(=O)C(CNC(=O)c1ccccc1C)Cc1ccc(O)c(F)c1. The number of phenolic OH excluding ortho intramolecular Hbond substituents is 1. The average Bonchev–Trinajstić information content (AvgIpc) is 2.61. The Balaban J connectivity index is 2.07. The Labute approximate surface area is 145 Å². The monoisotopic (exact) mass is 345 g/mol. The number of ether oxygens (including phenoxy) is 1. The Morgan fingerprint density at radius 3 is 2.60 bits per heavy atom. The molecular formula is C19H20FNO4. The van der Waals surface area contributed by atoms with Crippen LogP contribution in [0.5, 0.6) is 5.75 Å². The second-order valence-corrected chi connectivity index (χ2v) is 5.73. The normalized spacial score (nSPS) is 11.6. The van der Waals surface area contributed by atoms with E-state index in [9.17, 15) is 19.1 Å². The van der Waals surface area contributed by atoms with Crippen molar-refractivity contribution in [3.05, 3.63) is 65.0 Å². The molecule has 0 heterocycles. The third-order valence-corrected chi connectivity index (χ3v) is 3.93. The summed E-state index contributed by atoms with van der Waals surface area (Å²) in [6, 6.07) is 11.0. The minimum Gasteiger partial charge on any atom is -0.505 e. The number of esters is 1. The molecule has 0 radical (unpaired) electrons. The highest BCUT2D eigenvalue weighted by Crippen LogP contribution is 2.19. The summed E-state index contributed by atoms with van der Waals surface area (Å²) in [5, 5.41) is 12.0. The van der Waals surface area contributed by atoms with E-state index in [2.05, 4.69) is 5.32 Å². The lowest BCUT2D eigenvalue weighted by atomic mass is 9.98. The van der Waals surface area contributed by atoms with E-state index >= 15 is 0 Å². The van der Waals surface area contributed by atoms with Gasteiger partial charge >= 0.3 is 5.97 Å². The summed E-state index contributed by atoms with van der Waals surface area (Å²) >= 11 is 0. The van der Waals surface area contributed by atoms with Gasteiger partial charge in [0.2, 0.25) is 0 Å². The first kappa shape index (κ1) is 18.4. The minimum absolute atomic E-state index is 0.0579. The van der Waals surface area contributed by atoms with Crippen LogP contribution in [0.2, 0.25) is 0 Å². The molecule has 0 aliphatic rings. The third kappa shape index (κ3) is 4.79. The highest BCUT2D eigenvalue weighted by molar-refractivity contribution is 5.95. The van der Waals surface area contributed by atoms with Gasteiger partial charge in [0.05, 0.1) is 13.0 Å². The van der Waals surface area contributed by atoms with E-state index in [4.69, 9.17) is 4.74 Å². The zero-order valence-electron chi connectivity index (χ0n) is 14.1. The number of methoxy groups -OCH3 is 1. The van der Waals surface area contributed by atoms with Gasteiger partial charge in [-0.05, 0) is 42.7 Å². The van der Waals surface area contributed by atoms with Gasteiger partial charge in [-0.2, -0.15) is 0 Å². The number of nitrogens with one attached hydrogen (secondary N) is 1. The van der Waals surface area contributed by atoms with E-state index in [-0.39, 0.29) is 18.9 Å². The first-order valence-corrected chi connectivity index (χ1v) is 7.81. The van der Waals surface area contributed by atoms with Gasteiger partial charge in [-0.15, -0.1) is 0 Å². The van der Waals surface area contributed by atoms with Crippen LogP contribution in [0.25, 0.3) is 0 Å². The summed E-state index contributed by atoms with van der Waals surface area (Å²) in [4.78, 5) is 24.2. The number of halogens is 1. The summed E-state index contributed by atoms with van der Waals surface area (Å²) in [5.41, 5.74) is 1.88. The molecule has 0 saturated carbocycles. The number of amides is 1. The zero-order valence-corrected chi connectivity index (χ0v) is 14.1. The van der Waals surface area contributed by atoms with Crippen molar-refractivity contribution in [3.8, 4) is 5.75 Å². The minimum atomic E-state index is -0.759. The predicted octanol–water partition coefficient (Wildman–Crippen LogP) is 2.60. The molecule has 0 bridgehead atoms. The molecule has 6 heteroatoms. The number of hydrogen-bond donors (Lipinski definition) is 2. The molecule has 0 aliphatic heterocycles. The van der Waals surface area contributed by atoms with Crippen LogP contribution >= 0.6 is 0 Å². The molecule has 132 valence electrons. The lowest BCUT2D eigenvalue weighted by Crippen LogP contribution is -2.35. The summed E-state index contributed by atoms with van der Waals surface area (Å²) in [6.45, 7) is 1.88. The number of carbonyl (C=O) groups excluding carboxylic acids is 2. The van der Waals surface area contributed by atoms with Crippen molar-refractivity contribution < 1.29 is 23.8 Å². The Kier molecular flexibility index (Phi) is 6.11. The van der Waals surface area contributed by atoms with E-state index < -0.39 is 23.5 Å². The number of rotatable bonds is 6. The molecule has 5 nitrogen and oxygen atoms in total. The fraction of sp³-hybridized carbons (Fsp3) is 0.263. The predicted molar refractivity (Wildman–Crippen MR) is 90.8 cm³/mol. The molecule has 1 amide bonds. The molecular weight excluding hydrogens is 325 g/mol. The molecule has 0 fully saturated rings. The quantitative estimate of drug-likeness (QED) is 0.789. The van der Waals surface area contributed by atoms with Crippen LogP contribution < -0.4 is 5.32 Å². The van der Waals surface area contributed by atoms with Crippen LogP contribution in [0.15, 0.2) is 42.5 Å². The van der Waals surface area contributed by atoms with Crippen LogP contribution in [-0.2, 0) is 16.0 Å². The van der Waals surface area contributed by atoms with E-state index in [0.29, 0.717) is 11.1 Å². The van der Waals surface area contributed by atoms with Crippen LogP contribution in [0.1, 0.15) is 21.5 Å². The Morgan fingerprint density at radius 2 is 1.96 bits per heavy atom. The molecule has 0 aromatic heterocycles. The van der Waals surface area contributed by atoms with Crippen LogP contribution in [0.4, 0.5) is 4.39 Å². The van der Waals surface area contributed by atoms with Gasteiger partial charge in [-0.3, -0.25) is 9.59 Å². The molecule has 1 atom stereocenters. The van der Waals surface area contributed by atoms with Gasteiger partial charge < -0.3 is 15.2 Å². The summed E-state index contributed by atoms with van der Waals surface area (Å²) in [6.07, 6.45) is 0.178. The van der Waals surface area contributed by atoms with Gasteiger partial charge in [0.25, 0.3) is 5.91 Å².